The monoisotopic (exact) mass is 501 g/mol. The Balaban J connectivity index is 0.00000342. The zero-order valence-electron chi connectivity index (χ0n) is 19.4. The quantitative estimate of drug-likeness (QED) is 0.410. The van der Waals surface area contributed by atoms with Gasteiger partial charge in [-0.2, -0.15) is 0 Å². The Morgan fingerprint density at radius 1 is 1.11 bits per heavy atom. The molecule has 1 aliphatic heterocycles. The van der Waals surface area contributed by atoms with Gasteiger partial charge in [0.05, 0.1) is 36.9 Å². The molecule has 1 aliphatic rings. The van der Waals surface area contributed by atoms with E-state index in [4.69, 9.17) is 4.74 Å². The van der Waals surface area contributed by atoms with Crippen molar-refractivity contribution >= 4 is 39.6 Å². The van der Waals surface area contributed by atoms with E-state index < -0.39 is 5.97 Å². The summed E-state index contributed by atoms with van der Waals surface area (Å²) in [5, 5.41) is 13.1. The minimum Gasteiger partial charge on any atom is -0.545 e. The van der Waals surface area contributed by atoms with Gasteiger partial charge in [-0.05, 0) is 47.0 Å². The third-order valence-corrected chi connectivity index (χ3v) is 6.51. The number of aromatic carboxylic acids is 1. The van der Waals surface area contributed by atoms with Crippen LogP contribution in [0.5, 0.6) is 0 Å². The summed E-state index contributed by atoms with van der Waals surface area (Å²) < 4.78 is 19.1. The summed E-state index contributed by atoms with van der Waals surface area (Å²) in [5.74, 6) is -1.87. The second-order valence-electron chi connectivity index (χ2n) is 8.08. The molecule has 0 radical (unpaired) electrons. The van der Waals surface area contributed by atoms with Crippen LogP contribution in [-0.4, -0.2) is 23.2 Å². The maximum absolute atomic E-state index is 13.4. The van der Waals surface area contributed by atoms with Crippen LogP contribution >= 0.6 is 11.3 Å². The average Bonchev–Trinajstić information content (AvgIpc) is 3.23. The maximum atomic E-state index is 13.4. The number of thiophene rings is 1. The van der Waals surface area contributed by atoms with Crippen molar-refractivity contribution in [1.82, 2.24) is 0 Å². The van der Waals surface area contributed by atoms with Crippen LogP contribution in [0, 0.1) is 12.7 Å². The number of fused-ring (bicyclic) bond motifs is 1. The zero-order chi connectivity index (χ0) is 24.2. The van der Waals surface area contributed by atoms with Crippen molar-refractivity contribution in [3.8, 4) is 0 Å². The third kappa shape index (κ3) is 6.59. The minimum absolute atomic E-state index is 0. The van der Waals surface area contributed by atoms with Crippen LogP contribution in [0.1, 0.15) is 55.8 Å². The Hall–Kier alpha value is -2.49. The number of Topliss-reactive ketones (excluding diaryl/α,β-unsaturated/α-hetero) is 2. The molecule has 174 valence electrons. The Kier molecular flexibility index (Phi) is 9.27. The number of ketones is 2. The van der Waals surface area contributed by atoms with Gasteiger partial charge in [-0.3, -0.25) is 9.59 Å². The van der Waals surface area contributed by atoms with Gasteiger partial charge in [-0.1, -0.05) is 36.4 Å². The van der Waals surface area contributed by atoms with Crippen molar-refractivity contribution in [2.45, 2.75) is 39.4 Å². The van der Waals surface area contributed by atoms with Crippen molar-refractivity contribution in [2.75, 3.05) is 0 Å². The van der Waals surface area contributed by atoms with Gasteiger partial charge in [0.2, 0.25) is 0 Å². The van der Waals surface area contributed by atoms with E-state index in [0.29, 0.717) is 28.1 Å². The van der Waals surface area contributed by atoms with E-state index in [-0.39, 0.29) is 84.3 Å². The molecular formula is C26H21FNNaO5S. The van der Waals surface area contributed by atoms with E-state index in [1.54, 1.807) is 36.6 Å². The van der Waals surface area contributed by atoms with Crippen LogP contribution in [0.15, 0.2) is 52.8 Å². The molecule has 0 amide bonds. The smallest absolute Gasteiger partial charge is 0.545 e. The predicted molar refractivity (Wildman–Crippen MR) is 124 cm³/mol. The normalized spacial score (nSPS) is 12.5. The molecule has 35 heavy (non-hydrogen) atoms. The number of aliphatic imine (C=N–C) groups is 1. The molecular weight excluding hydrogens is 480 g/mol. The minimum atomic E-state index is -1.24. The van der Waals surface area contributed by atoms with Gasteiger partial charge in [0.15, 0.2) is 11.6 Å². The molecule has 0 atom stereocenters. The summed E-state index contributed by atoms with van der Waals surface area (Å²) >= 11 is 1.29. The second kappa shape index (κ2) is 12.0. The number of nitrogens with zero attached hydrogens (tertiary/aromatic N) is 1. The van der Waals surface area contributed by atoms with Gasteiger partial charge in [0.25, 0.3) is 0 Å². The summed E-state index contributed by atoms with van der Waals surface area (Å²) in [5.41, 5.74) is 3.73. The largest absolute Gasteiger partial charge is 1.00 e. The molecule has 0 saturated carbocycles. The number of carbonyl (C=O) groups excluding carboxylic acids is 3. The van der Waals surface area contributed by atoms with Crippen molar-refractivity contribution in [2.24, 2.45) is 4.99 Å². The van der Waals surface area contributed by atoms with Crippen molar-refractivity contribution in [1.29, 1.82) is 0 Å². The molecule has 0 fully saturated rings. The number of rotatable bonds is 9. The van der Waals surface area contributed by atoms with Crippen LogP contribution in [0.3, 0.4) is 0 Å². The number of ether oxygens (including phenoxy) is 1. The summed E-state index contributed by atoms with van der Waals surface area (Å²) in [6.07, 6.45) is 0.598. The number of aryl methyl sites for hydroxylation is 2. The van der Waals surface area contributed by atoms with Crippen molar-refractivity contribution < 1.29 is 58.2 Å². The van der Waals surface area contributed by atoms with Gasteiger partial charge in [0, 0.05) is 12.0 Å². The first-order valence-electron chi connectivity index (χ1n) is 10.7. The topological polar surface area (TPSA) is 95.9 Å². The van der Waals surface area contributed by atoms with Crippen LogP contribution in [0.4, 0.5) is 9.39 Å². The number of hydrogen-bond donors (Lipinski definition) is 0. The standard InChI is InChI=1S/C26H22FNO5S.Na/c1-15-10-16(4-8-20(15)27)5-9-22(29)21-11-23(30)24-19(14-34-25(24)28-21)13-33-12-17-2-6-18(7-3-17)26(31)32;/h2-4,6-8,10,14H,5,9,11-13H2,1H3,(H,31,32);/q;+1/p-1. The zero-order valence-corrected chi connectivity index (χ0v) is 22.2. The van der Waals surface area contributed by atoms with Gasteiger partial charge in [-0.25, -0.2) is 9.38 Å². The molecule has 0 bridgehead atoms. The predicted octanol–water partition coefficient (Wildman–Crippen LogP) is 1.14. The SMILES string of the molecule is Cc1cc(CCC(=O)C2=Nc3scc(COCc4ccc(C(=O)[O-])cc4)c3C(=O)C2)ccc1F.[Na+]. The fourth-order valence-electron chi connectivity index (χ4n) is 3.71. The van der Waals surface area contributed by atoms with Crippen molar-refractivity contribution in [3.05, 3.63) is 87.0 Å². The number of carbonyl (C=O) groups is 3. The molecule has 0 saturated heterocycles. The first kappa shape index (κ1) is 27.1. The van der Waals surface area contributed by atoms with Crippen molar-refractivity contribution in [3.63, 3.8) is 0 Å². The number of carboxylic acid groups (broad SMARTS) is 1. The first-order chi connectivity index (χ1) is 16.3. The second-order valence-corrected chi connectivity index (χ2v) is 8.94. The summed E-state index contributed by atoms with van der Waals surface area (Å²) in [6, 6.07) is 11.0. The van der Waals surface area contributed by atoms with Crippen LogP contribution in [0.2, 0.25) is 0 Å². The number of halogens is 1. The summed E-state index contributed by atoms with van der Waals surface area (Å²) in [7, 11) is 0. The van der Waals surface area contributed by atoms with E-state index in [2.05, 4.69) is 4.99 Å². The molecule has 0 spiro atoms. The first-order valence-corrected chi connectivity index (χ1v) is 11.6. The molecule has 4 rings (SSSR count). The van der Waals surface area contributed by atoms with E-state index in [9.17, 15) is 23.9 Å². The van der Waals surface area contributed by atoms with E-state index in [1.165, 1.54) is 29.5 Å². The van der Waals surface area contributed by atoms with Crippen LogP contribution < -0.4 is 34.7 Å². The molecule has 0 unspecified atom stereocenters. The Morgan fingerprint density at radius 2 is 1.83 bits per heavy atom. The number of hydrogen-bond acceptors (Lipinski definition) is 7. The van der Waals surface area contributed by atoms with Gasteiger partial charge < -0.3 is 14.6 Å². The molecule has 0 N–H and O–H groups in total. The molecule has 6 nitrogen and oxygen atoms in total. The molecule has 2 heterocycles. The Bertz CT molecular complexity index is 1300. The van der Waals surface area contributed by atoms with E-state index >= 15 is 0 Å². The van der Waals surface area contributed by atoms with E-state index in [0.717, 1.165) is 11.1 Å². The summed E-state index contributed by atoms with van der Waals surface area (Å²) in [6.45, 7) is 2.13. The molecule has 2 aromatic carbocycles. The van der Waals surface area contributed by atoms with Gasteiger partial charge >= 0.3 is 29.6 Å². The molecule has 9 heteroatoms. The third-order valence-electron chi connectivity index (χ3n) is 5.59. The van der Waals surface area contributed by atoms with Crippen LogP contribution in [-0.2, 0) is 29.2 Å². The Morgan fingerprint density at radius 3 is 2.51 bits per heavy atom. The summed E-state index contributed by atoms with van der Waals surface area (Å²) in [4.78, 5) is 40.7. The number of carboxylic acids is 1. The maximum Gasteiger partial charge on any atom is 1.00 e. The molecule has 1 aromatic heterocycles. The van der Waals surface area contributed by atoms with Gasteiger partial charge in [-0.15, -0.1) is 11.3 Å². The molecule has 3 aromatic rings. The van der Waals surface area contributed by atoms with Crippen LogP contribution in [0.25, 0.3) is 0 Å². The fraction of sp³-hybridized carbons (Fsp3) is 0.231. The average molecular weight is 502 g/mol. The van der Waals surface area contributed by atoms with Gasteiger partial charge in [0.1, 0.15) is 10.8 Å². The number of benzene rings is 2. The van der Waals surface area contributed by atoms with E-state index in [1.807, 2.05) is 0 Å². The fourth-order valence-corrected chi connectivity index (χ4v) is 4.68. The Labute approximate surface area is 228 Å². The molecule has 0 aliphatic carbocycles.